The Morgan fingerprint density at radius 3 is 2.43 bits per heavy atom. The monoisotopic (exact) mass is 313 g/mol. The van der Waals surface area contributed by atoms with Crippen molar-refractivity contribution in [2.24, 2.45) is 0 Å². The summed E-state index contributed by atoms with van der Waals surface area (Å²) in [5.74, 6) is 0. The van der Waals surface area contributed by atoms with Crippen LogP contribution in [0.2, 0.25) is 0 Å². The molecule has 0 saturated heterocycles. The SMILES string of the molecule is O[C@@H](Cn1nc(C(F)(F)F)c2cnccc21)CC(F)(F)F. The zero-order valence-corrected chi connectivity index (χ0v) is 10.3. The predicted molar refractivity (Wildman–Crippen MR) is 59.2 cm³/mol. The molecule has 1 N–H and O–H groups in total. The summed E-state index contributed by atoms with van der Waals surface area (Å²) in [6.07, 6.45) is -10.7. The second-order valence-electron chi connectivity index (χ2n) is 4.39. The van der Waals surface area contributed by atoms with Gasteiger partial charge in [-0.15, -0.1) is 0 Å². The molecule has 10 heteroatoms. The van der Waals surface area contributed by atoms with Crippen LogP contribution >= 0.6 is 0 Å². The molecule has 2 aromatic rings. The molecule has 0 radical (unpaired) electrons. The molecule has 2 heterocycles. The fraction of sp³-hybridized carbons (Fsp3) is 0.455. The highest BCUT2D eigenvalue weighted by Crippen LogP contribution is 2.33. The number of pyridine rings is 1. The summed E-state index contributed by atoms with van der Waals surface area (Å²) < 4.78 is 75.5. The second-order valence-corrected chi connectivity index (χ2v) is 4.39. The van der Waals surface area contributed by atoms with Crippen LogP contribution < -0.4 is 0 Å². The minimum Gasteiger partial charge on any atom is -0.391 e. The van der Waals surface area contributed by atoms with Crippen LogP contribution in [-0.4, -0.2) is 32.2 Å². The highest BCUT2D eigenvalue weighted by Gasteiger charge is 2.37. The molecular formula is C11H9F6N3O. The Hall–Kier alpha value is -1.84. The van der Waals surface area contributed by atoms with Gasteiger partial charge in [0.1, 0.15) is 0 Å². The minimum absolute atomic E-state index is 0.0430. The van der Waals surface area contributed by atoms with E-state index in [0.717, 1.165) is 6.20 Å². The van der Waals surface area contributed by atoms with E-state index in [9.17, 15) is 31.4 Å². The molecular weight excluding hydrogens is 304 g/mol. The first-order chi connectivity index (χ1) is 9.58. The van der Waals surface area contributed by atoms with Crippen molar-refractivity contribution in [3.63, 3.8) is 0 Å². The van der Waals surface area contributed by atoms with E-state index in [1.54, 1.807) is 0 Å². The maximum absolute atomic E-state index is 12.8. The lowest BCUT2D eigenvalue weighted by molar-refractivity contribution is -0.155. The van der Waals surface area contributed by atoms with Gasteiger partial charge in [0.25, 0.3) is 0 Å². The third-order valence-electron chi connectivity index (χ3n) is 2.67. The van der Waals surface area contributed by atoms with Gasteiger partial charge in [0.15, 0.2) is 5.69 Å². The quantitative estimate of drug-likeness (QED) is 0.887. The zero-order valence-electron chi connectivity index (χ0n) is 10.3. The fourth-order valence-electron chi connectivity index (χ4n) is 1.90. The van der Waals surface area contributed by atoms with Crippen LogP contribution in [0.15, 0.2) is 18.5 Å². The van der Waals surface area contributed by atoms with Crippen LogP contribution in [-0.2, 0) is 12.7 Å². The van der Waals surface area contributed by atoms with Gasteiger partial charge in [0, 0.05) is 12.4 Å². The molecule has 0 fully saturated rings. The number of rotatable bonds is 3. The van der Waals surface area contributed by atoms with Gasteiger partial charge in [0.05, 0.1) is 30.0 Å². The van der Waals surface area contributed by atoms with Gasteiger partial charge in [-0.2, -0.15) is 31.4 Å². The number of hydrogen-bond acceptors (Lipinski definition) is 3. The topological polar surface area (TPSA) is 50.9 Å². The molecule has 0 aliphatic heterocycles. The molecule has 0 aliphatic rings. The third kappa shape index (κ3) is 3.63. The average molecular weight is 313 g/mol. The van der Waals surface area contributed by atoms with Crippen molar-refractivity contribution in [2.75, 3.05) is 0 Å². The third-order valence-corrected chi connectivity index (χ3v) is 2.67. The predicted octanol–water partition coefficient (Wildman–Crippen LogP) is 2.76. The van der Waals surface area contributed by atoms with Gasteiger partial charge in [0.2, 0.25) is 0 Å². The van der Waals surface area contributed by atoms with Crippen LogP contribution in [0.1, 0.15) is 12.1 Å². The van der Waals surface area contributed by atoms with Gasteiger partial charge in [-0.3, -0.25) is 9.67 Å². The van der Waals surface area contributed by atoms with E-state index in [1.165, 1.54) is 12.3 Å². The standard InChI is InChI=1S/C11H9F6N3O/c12-10(13,14)3-6(21)5-20-8-1-2-18-4-7(8)9(19-20)11(15,16)17/h1-2,4,6,21H,3,5H2/t6-/m1/s1. The Balaban J connectivity index is 2.37. The van der Waals surface area contributed by atoms with Crippen LogP contribution in [0, 0.1) is 0 Å². The zero-order chi connectivity index (χ0) is 15.8. The lowest BCUT2D eigenvalue weighted by Crippen LogP contribution is -2.24. The summed E-state index contributed by atoms with van der Waals surface area (Å²) >= 11 is 0. The Kier molecular flexibility index (Phi) is 3.83. The van der Waals surface area contributed by atoms with Crippen molar-refractivity contribution >= 4 is 10.9 Å². The van der Waals surface area contributed by atoms with E-state index in [4.69, 9.17) is 0 Å². The summed E-state index contributed by atoms with van der Waals surface area (Å²) in [5.41, 5.74) is -1.29. The normalized spacial score (nSPS) is 14.6. The number of alkyl halides is 6. The molecule has 0 amide bonds. The maximum atomic E-state index is 12.8. The number of aromatic nitrogens is 3. The number of aliphatic hydroxyl groups excluding tert-OH is 1. The van der Waals surface area contributed by atoms with E-state index in [1.807, 2.05) is 0 Å². The van der Waals surface area contributed by atoms with Crippen LogP contribution in [0.4, 0.5) is 26.3 Å². The van der Waals surface area contributed by atoms with Crippen molar-refractivity contribution < 1.29 is 31.4 Å². The first kappa shape index (κ1) is 15.5. The van der Waals surface area contributed by atoms with Crippen molar-refractivity contribution in [1.82, 2.24) is 14.8 Å². The summed E-state index contributed by atoms with van der Waals surface area (Å²) in [5, 5.41) is 12.3. The number of hydrogen-bond donors (Lipinski definition) is 1. The molecule has 0 aliphatic carbocycles. The molecule has 0 spiro atoms. The number of nitrogens with zero attached hydrogens (tertiary/aromatic N) is 3. The van der Waals surface area contributed by atoms with E-state index in [0.29, 0.717) is 4.68 Å². The smallest absolute Gasteiger partial charge is 0.391 e. The van der Waals surface area contributed by atoms with Gasteiger partial charge >= 0.3 is 12.4 Å². The van der Waals surface area contributed by atoms with Crippen LogP contribution in [0.25, 0.3) is 10.9 Å². The van der Waals surface area contributed by atoms with E-state index in [2.05, 4.69) is 10.1 Å². The number of aliphatic hydroxyl groups is 1. The largest absolute Gasteiger partial charge is 0.435 e. The average Bonchev–Trinajstić information content (AvgIpc) is 2.66. The maximum Gasteiger partial charge on any atom is 0.435 e. The van der Waals surface area contributed by atoms with Gasteiger partial charge in [-0.25, -0.2) is 0 Å². The van der Waals surface area contributed by atoms with Gasteiger partial charge in [-0.1, -0.05) is 0 Å². The minimum atomic E-state index is -4.76. The molecule has 0 unspecified atom stereocenters. The number of fused-ring (bicyclic) bond motifs is 1. The van der Waals surface area contributed by atoms with E-state index >= 15 is 0 Å². The summed E-state index contributed by atoms with van der Waals surface area (Å²) in [6, 6.07) is 1.19. The molecule has 116 valence electrons. The Morgan fingerprint density at radius 2 is 1.86 bits per heavy atom. The molecule has 2 rings (SSSR count). The molecule has 4 nitrogen and oxygen atoms in total. The molecule has 0 saturated carbocycles. The van der Waals surface area contributed by atoms with E-state index in [-0.39, 0.29) is 10.9 Å². The molecule has 0 bridgehead atoms. The first-order valence-corrected chi connectivity index (χ1v) is 5.70. The Labute approximate surface area is 114 Å². The Morgan fingerprint density at radius 1 is 1.19 bits per heavy atom. The van der Waals surface area contributed by atoms with E-state index < -0.39 is 37.1 Å². The summed E-state index contributed by atoms with van der Waals surface area (Å²) in [6.45, 7) is -0.698. The highest BCUT2D eigenvalue weighted by molar-refractivity contribution is 5.81. The molecule has 2 aromatic heterocycles. The van der Waals surface area contributed by atoms with Gasteiger partial charge in [-0.05, 0) is 6.07 Å². The van der Waals surface area contributed by atoms with Crippen molar-refractivity contribution in [3.05, 3.63) is 24.2 Å². The summed E-state index contributed by atoms with van der Waals surface area (Å²) in [7, 11) is 0. The van der Waals surface area contributed by atoms with Crippen molar-refractivity contribution in [1.29, 1.82) is 0 Å². The van der Waals surface area contributed by atoms with Gasteiger partial charge < -0.3 is 5.11 Å². The Bertz CT molecular complexity index is 633. The first-order valence-electron chi connectivity index (χ1n) is 5.70. The van der Waals surface area contributed by atoms with Crippen LogP contribution in [0.5, 0.6) is 0 Å². The van der Waals surface area contributed by atoms with Crippen LogP contribution in [0.3, 0.4) is 0 Å². The molecule has 0 aromatic carbocycles. The highest BCUT2D eigenvalue weighted by atomic mass is 19.4. The summed E-state index contributed by atoms with van der Waals surface area (Å²) in [4.78, 5) is 3.54. The lowest BCUT2D eigenvalue weighted by atomic mass is 10.2. The fourth-order valence-corrected chi connectivity index (χ4v) is 1.90. The second kappa shape index (κ2) is 5.17. The lowest BCUT2D eigenvalue weighted by Gasteiger charge is -2.13. The molecule has 21 heavy (non-hydrogen) atoms. The van der Waals surface area contributed by atoms with Crippen molar-refractivity contribution in [2.45, 2.75) is 31.4 Å². The number of halogens is 6. The van der Waals surface area contributed by atoms with Crippen molar-refractivity contribution in [3.8, 4) is 0 Å². The molecule has 1 atom stereocenters.